The fourth-order valence-corrected chi connectivity index (χ4v) is 6.79. The van der Waals surface area contributed by atoms with Gasteiger partial charge in [0.2, 0.25) is 0 Å². The molecule has 0 amide bonds. The van der Waals surface area contributed by atoms with Gasteiger partial charge in [-0.25, -0.2) is 9.38 Å². The number of aryl methyl sites for hydroxylation is 2. The fourth-order valence-electron chi connectivity index (χ4n) is 4.82. The third-order valence-corrected chi connectivity index (χ3v) is 8.78. The highest BCUT2D eigenvalue weighted by molar-refractivity contribution is 8.15. The van der Waals surface area contributed by atoms with Crippen LogP contribution in [-0.2, 0) is 0 Å². The summed E-state index contributed by atoms with van der Waals surface area (Å²) in [5.74, 6) is 1.69. The lowest BCUT2D eigenvalue weighted by molar-refractivity contribution is 0.175. The number of benzene rings is 2. The summed E-state index contributed by atoms with van der Waals surface area (Å²) in [4.78, 5) is 6.06. The summed E-state index contributed by atoms with van der Waals surface area (Å²) >= 11 is 3.57. The van der Waals surface area contributed by atoms with Crippen LogP contribution in [0.2, 0.25) is 0 Å². The minimum atomic E-state index is -0.195. The van der Waals surface area contributed by atoms with Crippen molar-refractivity contribution in [1.29, 1.82) is 0 Å². The van der Waals surface area contributed by atoms with Crippen LogP contribution in [0, 0.1) is 31.5 Å². The molecular formula is C27H32FNS2. The first-order chi connectivity index (χ1) is 15.1. The van der Waals surface area contributed by atoms with Gasteiger partial charge in [-0.1, -0.05) is 43.5 Å². The zero-order chi connectivity index (χ0) is 21.6. The molecule has 3 unspecified atom stereocenters. The van der Waals surface area contributed by atoms with Gasteiger partial charge in [0.15, 0.2) is 0 Å². The molecule has 1 nitrogen and oxygen atoms in total. The van der Waals surface area contributed by atoms with Crippen molar-refractivity contribution in [3.63, 3.8) is 0 Å². The average Bonchev–Trinajstić information content (AvgIpc) is 2.77. The van der Waals surface area contributed by atoms with Crippen LogP contribution in [0.1, 0.15) is 56.1 Å². The van der Waals surface area contributed by atoms with Crippen molar-refractivity contribution in [1.82, 2.24) is 0 Å². The second kappa shape index (κ2) is 10.9. The Bertz CT molecular complexity index is 935. The monoisotopic (exact) mass is 453 g/mol. The molecule has 0 spiro atoms. The lowest BCUT2D eigenvalue weighted by atomic mass is 9.71. The van der Waals surface area contributed by atoms with Gasteiger partial charge >= 0.3 is 0 Å². The maximum absolute atomic E-state index is 13.2. The van der Waals surface area contributed by atoms with E-state index < -0.39 is 0 Å². The molecule has 2 aromatic rings. The normalized spacial score (nSPS) is 24.4. The Balaban J connectivity index is 1.48. The number of aliphatic imine (C=N–C) groups is 1. The van der Waals surface area contributed by atoms with E-state index in [1.807, 2.05) is 23.9 Å². The van der Waals surface area contributed by atoms with Crippen molar-refractivity contribution in [2.45, 2.75) is 68.9 Å². The van der Waals surface area contributed by atoms with E-state index in [0.29, 0.717) is 5.25 Å². The SMILES string of the molecule is Cc1ccc(N=C(C=CSc2ccc(F)cc2)SC2CCC3CCCCC3C2)cc1C. The van der Waals surface area contributed by atoms with Crippen LogP contribution in [-0.4, -0.2) is 10.3 Å². The molecule has 0 aliphatic heterocycles. The Morgan fingerprint density at radius 3 is 2.48 bits per heavy atom. The van der Waals surface area contributed by atoms with E-state index in [1.165, 1.54) is 68.2 Å². The summed E-state index contributed by atoms with van der Waals surface area (Å²) in [5, 5.41) is 3.83. The van der Waals surface area contributed by atoms with Crippen molar-refractivity contribution in [3.8, 4) is 0 Å². The smallest absolute Gasteiger partial charge is 0.123 e. The Kier molecular flexibility index (Phi) is 7.95. The predicted octanol–water partition coefficient (Wildman–Crippen LogP) is 8.87. The molecule has 0 aromatic heterocycles. The summed E-state index contributed by atoms with van der Waals surface area (Å²) < 4.78 is 13.2. The molecule has 2 saturated carbocycles. The number of thioether (sulfide) groups is 2. The Morgan fingerprint density at radius 2 is 1.71 bits per heavy atom. The highest BCUT2D eigenvalue weighted by Crippen LogP contribution is 2.44. The van der Waals surface area contributed by atoms with E-state index in [0.717, 1.165) is 27.5 Å². The lowest BCUT2D eigenvalue weighted by Gasteiger charge is -2.39. The van der Waals surface area contributed by atoms with E-state index in [2.05, 4.69) is 43.5 Å². The van der Waals surface area contributed by atoms with E-state index in [-0.39, 0.29) is 5.82 Å². The quantitative estimate of drug-likeness (QED) is 0.254. The number of hydrogen-bond donors (Lipinski definition) is 0. The zero-order valence-corrected chi connectivity index (χ0v) is 20.2. The third-order valence-electron chi connectivity index (χ3n) is 6.74. The summed E-state index contributed by atoms with van der Waals surface area (Å²) in [6, 6.07) is 13.1. The topological polar surface area (TPSA) is 12.4 Å². The number of rotatable bonds is 5. The first kappa shape index (κ1) is 22.7. The van der Waals surface area contributed by atoms with Gasteiger partial charge in [-0.15, -0.1) is 11.8 Å². The molecule has 31 heavy (non-hydrogen) atoms. The van der Waals surface area contributed by atoms with Crippen molar-refractivity contribution in [2.75, 3.05) is 0 Å². The van der Waals surface area contributed by atoms with Gasteiger partial charge in [0.25, 0.3) is 0 Å². The summed E-state index contributed by atoms with van der Waals surface area (Å²) in [7, 11) is 0. The summed E-state index contributed by atoms with van der Waals surface area (Å²) in [5.41, 5.74) is 3.59. The first-order valence-corrected chi connectivity index (χ1v) is 13.2. The first-order valence-electron chi connectivity index (χ1n) is 11.5. The van der Waals surface area contributed by atoms with Crippen LogP contribution >= 0.6 is 23.5 Å². The number of halogens is 1. The van der Waals surface area contributed by atoms with Crippen molar-refractivity contribution in [2.24, 2.45) is 16.8 Å². The standard InChI is InChI=1S/C27H32FNS2/c1-19-7-11-24(17-20(19)2)29-27(15-16-30-25-13-9-23(28)10-14-25)31-26-12-8-21-5-3-4-6-22(21)18-26/h7,9-11,13-17,21-22,26H,3-6,8,12,18H2,1-2H3. The summed E-state index contributed by atoms with van der Waals surface area (Å²) in [6.07, 6.45) is 11.9. The van der Waals surface area contributed by atoms with Crippen LogP contribution < -0.4 is 0 Å². The van der Waals surface area contributed by atoms with Crippen LogP contribution in [0.4, 0.5) is 10.1 Å². The van der Waals surface area contributed by atoms with Gasteiger partial charge in [-0.2, -0.15) is 0 Å². The number of hydrogen-bond acceptors (Lipinski definition) is 3. The molecule has 0 heterocycles. The van der Waals surface area contributed by atoms with Gasteiger partial charge < -0.3 is 0 Å². The Morgan fingerprint density at radius 1 is 0.935 bits per heavy atom. The highest BCUT2D eigenvalue weighted by atomic mass is 32.2. The highest BCUT2D eigenvalue weighted by Gasteiger charge is 2.32. The molecule has 0 radical (unpaired) electrons. The van der Waals surface area contributed by atoms with E-state index in [4.69, 9.17) is 4.99 Å². The fraction of sp³-hybridized carbons (Fsp3) is 0.444. The second-order valence-corrected chi connectivity index (χ2v) is 11.3. The lowest BCUT2D eigenvalue weighted by Crippen LogP contribution is -2.29. The molecule has 2 aliphatic rings. The van der Waals surface area contributed by atoms with Gasteiger partial charge in [0.1, 0.15) is 5.82 Å². The van der Waals surface area contributed by atoms with Gasteiger partial charge in [-0.3, -0.25) is 0 Å². The van der Waals surface area contributed by atoms with Crippen LogP contribution in [0.3, 0.4) is 0 Å². The molecule has 2 aliphatic carbocycles. The largest absolute Gasteiger partial charge is 0.242 e. The van der Waals surface area contributed by atoms with E-state index >= 15 is 0 Å². The maximum Gasteiger partial charge on any atom is 0.123 e. The van der Waals surface area contributed by atoms with Gasteiger partial charge in [0.05, 0.1) is 10.7 Å². The molecule has 0 saturated heterocycles. The van der Waals surface area contributed by atoms with Crippen LogP contribution in [0.15, 0.2) is 63.8 Å². The average molecular weight is 454 g/mol. The minimum absolute atomic E-state index is 0.195. The summed E-state index contributed by atoms with van der Waals surface area (Å²) in [6.45, 7) is 4.28. The second-order valence-electron chi connectivity index (χ2n) is 8.95. The molecule has 0 bridgehead atoms. The van der Waals surface area contributed by atoms with Crippen molar-refractivity contribution in [3.05, 3.63) is 70.9 Å². The predicted molar refractivity (Wildman–Crippen MR) is 135 cm³/mol. The molecule has 0 N–H and O–H groups in total. The number of fused-ring (bicyclic) bond motifs is 1. The van der Waals surface area contributed by atoms with E-state index in [9.17, 15) is 4.39 Å². The zero-order valence-electron chi connectivity index (χ0n) is 18.5. The molecule has 4 heteroatoms. The third kappa shape index (κ3) is 6.49. The van der Waals surface area contributed by atoms with Gasteiger partial charge in [-0.05, 0) is 104 Å². The van der Waals surface area contributed by atoms with Crippen molar-refractivity contribution < 1.29 is 4.39 Å². The van der Waals surface area contributed by atoms with Crippen LogP contribution in [0.25, 0.3) is 0 Å². The molecule has 2 aromatic carbocycles. The molecular weight excluding hydrogens is 421 g/mol. The van der Waals surface area contributed by atoms with Gasteiger partial charge in [0, 0.05) is 10.1 Å². The number of nitrogens with zero attached hydrogens (tertiary/aromatic N) is 1. The maximum atomic E-state index is 13.2. The van der Waals surface area contributed by atoms with E-state index in [1.54, 1.807) is 11.8 Å². The van der Waals surface area contributed by atoms with Crippen molar-refractivity contribution >= 4 is 34.3 Å². The molecule has 2 fully saturated rings. The Hall–Kier alpha value is -1.52. The molecule has 4 rings (SSSR count). The molecule has 3 atom stereocenters. The Labute approximate surface area is 195 Å². The van der Waals surface area contributed by atoms with Crippen LogP contribution in [0.5, 0.6) is 0 Å². The molecule has 164 valence electrons. The minimum Gasteiger partial charge on any atom is -0.242 e.